The van der Waals surface area contributed by atoms with E-state index < -0.39 is 5.97 Å². The van der Waals surface area contributed by atoms with Gasteiger partial charge in [0, 0.05) is 0 Å². The van der Waals surface area contributed by atoms with Gasteiger partial charge < -0.3 is 11.3 Å². The van der Waals surface area contributed by atoms with E-state index in [1.807, 2.05) is 6.92 Å². The Labute approximate surface area is 100 Å². The first-order valence-electron chi connectivity index (χ1n) is 3.70. The third-order valence-corrected chi connectivity index (χ3v) is 1.41. The normalized spacial score (nSPS) is 8.69. The monoisotopic (exact) mass is 190 g/mol. The Morgan fingerprint density at radius 1 is 1.46 bits per heavy atom. The van der Waals surface area contributed by atoms with Crippen LogP contribution < -0.4 is 34.3 Å². The van der Waals surface area contributed by atoms with Crippen molar-refractivity contribution in [2.75, 3.05) is 6.61 Å². The van der Waals surface area contributed by atoms with Gasteiger partial charge in [0.2, 0.25) is 0 Å². The second-order valence-corrected chi connectivity index (χ2v) is 2.26. The van der Waals surface area contributed by atoms with Gasteiger partial charge in [-0.15, -0.1) is 0 Å². The number of benzene rings is 1. The predicted molar refractivity (Wildman–Crippen MR) is 45.7 cm³/mol. The molecular formula is C9H11NaO3. The molecule has 0 amide bonds. The molecule has 0 atom stereocenters. The second-order valence-electron chi connectivity index (χ2n) is 2.26. The molecule has 4 heteroatoms. The van der Waals surface area contributed by atoms with Gasteiger partial charge in [0.1, 0.15) is 5.75 Å². The van der Waals surface area contributed by atoms with Crippen molar-refractivity contribution in [3.05, 3.63) is 29.8 Å². The molecule has 0 spiro atoms. The van der Waals surface area contributed by atoms with Crippen molar-refractivity contribution in [3.63, 3.8) is 0 Å². The Hall–Kier alpha value is -0.510. The summed E-state index contributed by atoms with van der Waals surface area (Å²) in [4.78, 5) is 10.4. The minimum Gasteiger partial charge on any atom is -1.00 e. The van der Waals surface area contributed by atoms with Crippen molar-refractivity contribution in [3.8, 4) is 5.75 Å². The van der Waals surface area contributed by atoms with Crippen LogP contribution in [0.5, 0.6) is 5.75 Å². The topological polar surface area (TPSA) is 46.5 Å². The molecule has 66 valence electrons. The van der Waals surface area contributed by atoms with Gasteiger partial charge >= 0.3 is 35.5 Å². The minimum atomic E-state index is -0.918. The summed E-state index contributed by atoms with van der Waals surface area (Å²) in [7, 11) is 0. The maximum absolute atomic E-state index is 10.4. The first kappa shape index (κ1) is 12.5. The summed E-state index contributed by atoms with van der Waals surface area (Å²) in [5.41, 5.74) is 0.276. The zero-order valence-electron chi connectivity index (χ0n) is 8.78. The van der Waals surface area contributed by atoms with Crippen LogP contribution >= 0.6 is 0 Å². The number of carbonyl (C=O) groups is 1. The van der Waals surface area contributed by atoms with Gasteiger partial charge in [-0.3, -0.25) is 0 Å². The van der Waals surface area contributed by atoms with Gasteiger partial charge in [-0.2, -0.15) is 0 Å². The molecule has 1 rings (SSSR count). The zero-order chi connectivity index (χ0) is 8.97. The van der Waals surface area contributed by atoms with E-state index in [0.717, 1.165) is 0 Å². The van der Waals surface area contributed by atoms with Crippen molar-refractivity contribution in [1.29, 1.82) is 0 Å². The number of rotatable bonds is 3. The zero-order valence-corrected chi connectivity index (χ0v) is 9.78. The fourth-order valence-electron chi connectivity index (χ4n) is 0.860. The molecule has 0 saturated heterocycles. The van der Waals surface area contributed by atoms with E-state index in [4.69, 9.17) is 9.84 Å². The average Bonchev–Trinajstić information content (AvgIpc) is 2.06. The molecule has 1 aromatic rings. The van der Waals surface area contributed by atoms with Crippen LogP contribution in [-0.4, -0.2) is 17.7 Å². The number of carboxylic acids is 1. The van der Waals surface area contributed by atoms with Crippen molar-refractivity contribution < 1.29 is 45.6 Å². The largest absolute Gasteiger partial charge is 1.00 e. The summed E-state index contributed by atoms with van der Waals surface area (Å²) < 4.78 is 5.15. The van der Waals surface area contributed by atoms with Gasteiger partial charge in [-0.25, -0.2) is 4.79 Å². The first-order valence-corrected chi connectivity index (χ1v) is 3.70. The number of aromatic carboxylic acids is 1. The Morgan fingerprint density at radius 2 is 2.00 bits per heavy atom. The molecule has 0 aromatic heterocycles. The Morgan fingerprint density at radius 3 is 2.38 bits per heavy atom. The molecule has 3 nitrogen and oxygen atoms in total. The van der Waals surface area contributed by atoms with Gasteiger partial charge in [0.25, 0.3) is 0 Å². The fraction of sp³-hybridized carbons (Fsp3) is 0.222. The fourth-order valence-corrected chi connectivity index (χ4v) is 0.860. The molecule has 1 aromatic carbocycles. The van der Waals surface area contributed by atoms with Crippen LogP contribution in [0.2, 0.25) is 0 Å². The van der Waals surface area contributed by atoms with E-state index in [0.29, 0.717) is 12.4 Å². The van der Waals surface area contributed by atoms with E-state index in [9.17, 15) is 4.79 Å². The summed E-state index contributed by atoms with van der Waals surface area (Å²) in [5.74, 6) is -0.222. The van der Waals surface area contributed by atoms with E-state index in [2.05, 4.69) is 0 Å². The van der Waals surface area contributed by atoms with Crippen LogP contribution in [0.1, 0.15) is 18.7 Å². The standard InChI is InChI=1S/C9H10O3.Na.H/c1-2-12-8-5-3-7(4-6-8)9(10)11;;/h3-6H,2H2,1H3,(H,10,11);;/q;+1;-1. The van der Waals surface area contributed by atoms with Crippen LogP contribution in [0.4, 0.5) is 0 Å². The van der Waals surface area contributed by atoms with Crippen LogP contribution in [0.3, 0.4) is 0 Å². The smallest absolute Gasteiger partial charge is 1.00 e. The molecule has 0 aliphatic heterocycles. The third-order valence-electron chi connectivity index (χ3n) is 1.41. The predicted octanol–water partition coefficient (Wildman–Crippen LogP) is -1.10. The SMILES string of the molecule is CCOc1ccc(C(=O)O)cc1.[H-].[Na+]. The first-order chi connectivity index (χ1) is 5.74. The van der Waals surface area contributed by atoms with Crippen LogP contribution in [-0.2, 0) is 0 Å². The molecule has 0 fully saturated rings. The number of carboxylic acid groups (broad SMARTS) is 1. The summed E-state index contributed by atoms with van der Waals surface area (Å²) in [6.45, 7) is 2.47. The van der Waals surface area contributed by atoms with Crippen molar-refractivity contribution >= 4 is 5.97 Å². The molecule has 0 aliphatic rings. The molecule has 0 unspecified atom stereocenters. The van der Waals surface area contributed by atoms with Gasteiger partial charge in [-0.05, 0) is 31.2 Å². The second kappa shape index (κ2) is 6.02. The maximum Gasteiger partial charge on any atom is 1.00 e. The molecule has 0 saturated carbocycles. The van der Waals surface area contributed by atoms with Crippen molar-refractivity contribution in [2.45, 2.75) is 6.92 Å². The quantitative estimate of drug-likeness (QED) is 0.615. The summed E-state index contributed by atoms with van der Waals surface area (Å²) in [5, 5.41) is 8.56. The number of ether oxygens (including phenoxy) is 1. The molecule has 0 heterocycles. The van der Waals surface area contributed by atoms with Gasteiger partial charge in [0.05, 0.1) is 12.2 Å². The average molecular weight is 190 g/mol. The summed E-state index contributed by atoms with van der Waals surface area (Å²) >= 11 is 0. The Bertz CT molecular complexity index is 274. The van der Waals surface area contributed by atoms with E-state index in [-0.39, 0.29) is 36.5 Å². The molecule has 0 radical (unpaired) electrons. The Balaban J connectivity index is 0. The van der Waals surface area contributed by atoms with E-state index in [1.54, 1.807) is 12.1 Å². The van der Waals surface area contributed by atoms with Crippen LogP contribution in [0.25, 0.3) is 0 Å². The van der Waals surface area contributed by atoms with Crippen LogP contribution in [0, 0.1) is 0 Å². The molecular weight excluding hydrogens is 179 g/mol. The number of hydrogen-bond acceptors (Lipinski definition) is 2. The molecule has 1 N–H and O–H groups in total. The van der Waals surface area contributed by atoms with Crippen LogP contribution in [0.15, 0.2) is 24.3 Å². The van der Waals surface area contributed by atoms with Crippen molar-refractivity contribution in [1.82, 2.24) is 0 Å². The van der Waals surface area contributed by atoms with E-state index >= 15 is 0 Å². The molecule has 0 aliphatic carbocycles. The molecule has 0 bridgehead atoms. The number of hydrogen-bond donors (Lipinski definition) is 1. The van der Waals surface area contributed by atoms with Gasteiger partial charge in [-0.1, -0.05) is 0 Å². The summed E-state index contributed by atoms with van der Waals surface area (Å²) in [6.07, 6.45) is 0. The minimum absolute atomic E-state index is 0. The van der Waals surface area contributed by atoms with E-state index in [1.165, 1.54) is 12.1 Å². The van der Waals surface area contributed by atoms with Gasteiger partial charge in [0.15, 0.2) is 0 Å². The Kier molecular flexibility index (Phi) is 5.79. The van der Waals surface area contributed by atoms with Crippen molar-refractivity contribution in [2.24, 2.45) is 0 Å². The molecule has 13 heavy (non-hydrogen) atoms. The summed E-state index contributed by atoms with van der Waals surface area (Å²) in [6, 6.07) is 6.33. The third kappa shape index (κ3) is 3.81. The maximum atomic E-state index is 10.4.